The summed E-state index contributed by atoms with van der Waals surface area (Å²) in [6.07, 6.45) is 6.82. The van der Waals surface area contributed by atoms with Crippen molar-refractivity contribution in [2.45, 2.75) is 58.0 Å². The number of benzene rings is 2. The highest BCUT2D eigenvalue weighted by Gasteiger charge is 2.43. The molecule has 4 nitrogen and oxygen atoms in total. The van der Waals surface area contributed by atoms with Crippen molar-refractivity contribution in [3.8, 4) is 5.69 Å². The van der Waals surface area contributed by atoms with E-state index < -0.39 is 0 Å². The van der Waals surface area contributed by atoms with Gasteiger partial charge in [-0.3, -0.25) is 4.79 Å². The van der Waals surface area contributed by atoms with Gasteiger partial charge in [-0.05, 0) is 109 Å². The number of nitrogens with zero attached hydrogens (tertiary/aromatic N) is 2. The van der Waals surface area contributed by atoms with Crippen LogP contribution in [0.5, 0.6) is 0 Å². The predicted octanol–water partition coefficient (Wildman–Crippen LogP) is 7.59. The van der Waals surface area contributed by atoms with Gasteiger partial charge in [-0.15, -0.1) is 0 Å². The fraction of sp³-hybridized carbons (Fsp3) is 0.345. The second-order valence-corrected chi connectivity index (χ2v) is 12.0. The standard InChI is InChI=1S/C29H32IN3OS/c1-19-9-7-8-12-26(19)33-28(34)27(35-29(33)31-24-10-5-4-6-11-24)18-22-17-20(2)32(21(22)3)25-15-13-23(30)14-16-25/h4-6,10-11,13-19,26,29,31H,7-9,12H2,1-3H3/b27-18-/t19-,26-,29?/m1/s1. The van der Waals surface area contributed by atoms with Gasteiger partial charge in [0, 0.05) is 32.4 Å². The highest BCUT2D eigenvalue weighted by Crippen LogP contribution is 2.42. The first-order valence-corrected chi connectivity index (χ1v) is 14.4. The monoisotopic (exact) mass is 597 g/mol. The number of halogens is 1. The molecule has 1 saturated carbocycles. The molecular formula is C29H32IN3OS. The fourth-order valence-electron chi connectivity index (χ4n) is 5.43. The largest absolute Gasteiger partial charge is 0.356 e. The van der Waals surface area contributed by atoms with E-state index in [2.05, 4.69) is 107 Å². The Morgan fingerprint density at radius 3 is 2.46 bits per heavy atom. The minimum absolute atomic E-state index is 0.0959. The SMILES string of the molecule is Cc1cc(/C=C2\SC(Nc3ccccc3)N([C@@H]3CCCC[C@H]3C)C2=O)c(C)n1-c1ccc(I)cc1. The lowest BCUT2D eigenvalue weighted by molar-refractivity contribution is -0.129. The number of aryl methyl sites for hydroxylation is 1. The second kappa shape index (κ2) is 10.4. The second-order valence-electron chi connectivity index (χ2n) is 9.67. The van der Waals surface area contributed by atoms with Crippen LogP contribution >= 0.6 is 34.4 Å². The zero-order chi connectivity index (χ0) is 24.5. The number of carbonyl (C=O) groups excluding carboxylic acids is 1. The van der Waals surface area contributed by atoms with E-state index in [-0.39, 0.29) is 17.4 Å². The van der Waals surface area contributed by atoms with Crippen LogP contribution in [-0.2, 0) is 4.79 Å². The predicted molar refractivity (Wildman–Crippen MR) is 156 cm³/mol. The molecule has 1 N–H and O–H groups in total. The summed E-state index contributed by atoms with van der Waals surface area (Å²) in [5.41, 5.74) is 5.53. The van der Waals surface area contributed by atoms with Crippen molar-refractivity contribution >= 4 is 52.0 Å². The minimum Gasteiger partial charge on any atom is -0.356 e. The summed E-state index contributed by atoms with van der Waals surface area (Å²) in [6.45, 7) is 6.58. The van der Waals surface area contributed by atoms with Crippen LogP contribution in [0.25, 0.3) is 11.8 Å². The fourth-order valence-corrected chi connectivity index (χ4v) is 6.99. The number of hydrogen-bond acceptors (Lipinski definition) is 3. The van der Waals surface area contributed by atoms with Crippen LogP contribution in [0.4, 0.5) is 5.69 Å². The first-order valence-electron chi connectivity index (χ1n) is 12.4. The van der Waals surface area contributed by atoms with Gasteiger partial charge in [0.2, 0.25) is 0 Å². The van der Waals surface area contributed by atoms with Gasteiger partial charge in [0.15, 0.2) is 5.50 Å². The molecule has 3 atom stereocenters. The molecule has 1 amide bonds. The molecule has 2 aliphatic rings. The number of carbonyl (C=O) groups is 1. The van der Waals surface area contributed by atoms with Crippen LogP contribution in [0.3, 0.4) is 0 Å². The Balaban J connectivity index is 1.49. The summed E-state index contributed by atoms with van der Waals surface area (Å²) in [7, 11) is 0. The molecule has 1 aliphatic heterocycles. The number of nitrogens with one attached hydrogen (secondary N) is 1. The van der Waals surface area contributed by atoms with E-state index in [0.717, 1.165) is 34.0 Å². The molecule has 2 fully saturated rings. The molecule has 182 valence electrons. The molecule has 0 spiro atoms. The molecule has 6 heteroatoms. The van der Waals surface area contributed by atoms with Gasteiger partial charge in [-0.1, -0.05) is 49.7 Å². The van der Waals surface area contributed by atoms with E-state index in [0.29, 0.717) is 5.92 Å². The number of aromatic nitrogens is 1. The summed E-state index contributed by atoms with van der Waals surface area (Å²) in [6, 6.07) is 21.3. The lowest BCUT2D eigenvalue weighted by atomic mass is 9.85. The first-order chi connectivity index (χ1) is 16.9. The maximum absolute atomic E-state index is 13.9. The van der Waals surface area contributed by atoms with Gasteiger partial charge in [0.25, 0.3) is 5.91 Å². The zero-order valence-corrected chi connectivity index (χ0v) is 23.5. The zero-order valence-electron chi connectivity index (χ0n) is 20.5. The van der Waals surface area contributed by atoms with E-state index in [1.54, 1.807) is 11.8 Å². The minimum atomic E-state index is -0.0959. The summed E-state index contributed by atoms with van der Waals surface area (Å²) in [4.78, 5) is 16.8. The molecule has 1 unspecified atom stereocenters. The van der Waals surface area contributed by atoms with Crippen molar-refractivity contribution in [1.29, 1.82) is 0 Å². The Morgan fingerprint density at radius 1 is 1.03 bits per heavy atom. The van der Waals surface area contributed by atoms with Crippen LogP contribution in [0.1, 0.15) is 49.6 Å². The van der Waals surface area contributed by atoms with Gasteiger partial charge in [0.05, 0.1) is 4.91 Å². The number of hydrogen-bond donors (Lipinski definition) is 1. The van der Waals surface area contributed by atoms with Gasteiger partial charge in [0.1, 0.15) is 0 Å². The summed E-state index contributed by atoms with van der Waals surface area (Å²) >= 11 is 3.98. The molecule has 5 rings (SSSR count). The maximum atomic E-state index is 13.9. The van der Waals surface area contributed by atoms with Crippen molar-refractivity contribution < 1.29 is 4.79 Å². The number of thioether (sulfide) groups is 1. The molecule has 0 bridgehead atoms. The maximum Gasteiger partial charge on any atom is 0.262 e. The smallest absolute Gasteiger partial charge is 0.262 e. The molecular weight excluding hydrogens is 565 g/mol. The van der Waals surface area contributed by atoms with Crippen LogP contribution in [-0.4, -0.2) is 26.9 Å². The van der Waals surface area contributed by atoms with Gasteiger partial charge < -0.3 is 14.8 Å². The quantitative estimate of drug-likeness (QED) is 0.243. The van der Waals surface area contributed by atoms with E-state index in [1.807, 2.05) is 18.2 Å². The lowest BCUT2D eigenvalue weighted by Crippen LogP contribution is -2.48. The highest BCUT2D eigenvalue weighted by molar-refractivity contribution is 14.1. The van der Waals surface area contributed by atoms with E-state index in [1.165, 1.54) is 28.5 Å². The first kappa shape index (κ1) is 24.5. The number of amides is 1. The Labute approximate surface area is 226 Å². The molecule has 2 aromatic carbocycles. The van der Waals surface area contributed by atoms with Crippen LogP contribution in [0, 0.1) is 23.3 Å². The number of rotatable bonds is 5. The van der Waals surface area contributed by atoms with Crippen molar-refractivity contribution in [1.82, 2.24) is 9.47 Å². The lowest BCUT2D eigenvalue weighted by Gasteiger charge is -2.39. The van der Waals surface area contributed by atoms with Crippen LogP contribution in [0.15, 0.2) is 65.6 Å². The van der Waals surface area contributed by atoms with Gasteiger partial charge in [-0.2, -0.15) is 0 Å². The van der Waals surface area contributed by atoms with Gasteiger partial charge >= 0.3 is 0 Å². The third kappa shape index (κ3) is 5.05. The summed E-state index contributed by atoms with van der Waals surface area (Å²) in [5.74, 6) is 0.667. The third-order valence-electron chi connectivity index (χ3n) is 7.27. The van der Waals surface area contributed by atoms with E-state index in [9.17, 15) is 4.79 Å². The third-order valence-corrected chi connectivity index (χ3v) is 9.10. The summed E-state index contributed by atoms with van der Waals surface area (Å²) < 4.78 is 3.49. The average Bonchev–Trinajstić information content (AvgIpc) is 3.30. The number of para-hydroxylation sites is 1. The molecule has 0 radical (unpaired) electrons. The molecule has 35 heavy (non-hydrogen) atoms. The van der Waals surface area contributed by atoms with Gasteiger partial charge in [-0.25, -0.2) is 0 Å². The molecule has 1 aromatic heterocycles. The Morgan fingerprint density at radius 2 is 1.74 bits per heavy atom. The van der Waals surface area contributed by atoms with Crippen molar-refractivity contribution in [3.05, 3.63) is 86.1 Å². The molecule has 2 heterocycles. The Bertz CT molecular complexity index is 1230. The normalized spacial score (nSPS) is 23.8. The molecule has 1 aliphatic carbocycles. The Kier molecular flexibility index (Phi) is 7.30. The average molecular weight is 598 g/mol. The van der Waals surface area contributed by atoms with Crippen LogP contribution < -0.4 is 5.32 Å². The van der Waals surface area contributed by atoms with Crippen LogP contribution in [0.2, 0.25) is 0 Å². The number of anilines is 1. The summed E-state index contributed by atoms with van der Waals surface area (Å²) in [5, 5.41) is 3.64. The Hall–Kier alpha value is -2.19. The van der Waals surface area contributed by atoms with Crippen molar-refractivity contribution in [3.63, 3.8) is 0 Å². The highest BCUT2D eigenvalue weighted by atomic mass is 127. The molecule has 1 saturated heterocycles. The topological polar surface area (TPSA) is 37.3 Å². The van der Waals surface area contributed by atoms with E-state index >= 15 is 0 Å². The van der Waals surface area contributed by atoms with Crippen molar-refractivity contribution in [2.24, 2.45) is 5.92 Å². The molecule has 3 aromatic rings. The van der Waals surface area contributed by atoms with E-state index in [4.69, 9.17) is 0 Å². The van der Waals surface area contributed by atoms with Crippen molar-refractivity contribution in [2.75, 3.05) is 5.32 Å².